The molecule has 0 aromatic carbocycles. The van der Waals surface area contributed by atoms with Gasteiger partial charge in [-0.15, -0.1) is 24.0 Å². The Balaban J connectivity index is 0.00000529. The lowest BCUT2D eigenvalue weighted by molar-refractivity contribution is 0.155. The lowest BCUT2D eigenvalue weighted by Crippen LogP contribution is -2.40. The summed E-state index contributed by atoms with van der Waals surface area (Å²) in [4.78, 5) is 4.71. The number of ether oxygens (including phenoxy) is 1. The number of hydrogen-bond donors (Lipinski definition) is 2. The molecule has 0 unspecified atom stereocenters. The average molecular weight is 449 g/mol. The van der Waals surface area contributed by atoms with E-state index in [1.54, 1.807) is 13.4 Å². The van der Waals surface area contributed by atoms with Crippen molar-refractivity contribution in [3.05, 3.63) is 36.3 Å². The zero-order valence-electron chi connectivity index (χ0n) is 15.4. The number of nitrogens with zero attached hydrogens (tertiary/aromatic N) is 1. The Kier molecular flexibility index (Phi) is 11.8. The van der Waals surface area contributed by atoms with Crippen molar-refractivity contribution in [1.29, 1.82) is 0 Å². The lowest BCUT2D eigenvalue weighted by Gasteiger charge is -2.22. The van der Waals surface area contributed by atoms with E-state index in [9.17, 15) is 0 Å². The summed E-state index contributed by atoms with van der Waals surface area (Å²) in [5.74, 6) is 1.78. The molecule has 1 aromatic rings. The van der Waals surface area contributed by atoms with E-state index >= 15 is 0 Å². The maximum Gasteiger partial charge on any atom is 0.191 e. The van der Waals surface area contributed by atoms with Gasteiger partial charge in [0.15, 0.2) is 5.96 Å². The summed E-state index contributed by atoms with van der Waals surface area (Å²) in [6.45, 7) is 13.3. The van der Waals surface area contributed by atoms with Crippen LogP contribution in [0.1, 0.15) is 33.0 Å². The molecule has 0 radical (unpaired) electrons. The molecule has 6 heteroatoms. The summed E-state index contributed by atoms with van der Waals surface area (Å²) < 4.78 is 10.5. The van der Waals surface area contributed by atoms with Crippen LogP contribution in [0.4, 0.5) is 0 Å². The van der Waals surface area contributed by atoms with Crippen LogP contribution in [-0.2, 0) is 11.2 Å². The summed E-state index contributed by atoms with van der Waals surface area (Å²) in [6.07, 6.45) is 3.50. The van der Waals surface area contributed by atoms with Crippen LogP contribution in [0, 0.1) is 5.41 Å². The first-order valence-corrected chi connectivity index (χ1v) is 8.11. The molecular weight excluding hydrogens is 417 g/mol. The Morgan fingerprint density at radius 2 is 2.12 bits per heavy atom. The van der Waals surface area contributed by atoms with Gasteiger partial charge in [0.2, 0.25) is 0 Å². The predicted molar refractivity (Wildman–Crippen MR) is 111 cm³/mol. The maximum absolute atomic E-state index is 5.34. The highest BCUT2D eigenvalue weighted by molar-refractivity contribution is 14.0. The number of methoxy groups -OCH3 is 1. The standard InChI is InChI=1S/C18H31N3O2.HI/c1-15(2)13-20-17(19-10-8-16-7-6-11-23-16)21-14-18(3,4)9-12-22-5;/h6-7,11H,1,8-10,12-14H2,2-5H3,(H2,19,20,21);1H. The van der Waals surface area contributed by atoms with E-state index in [0.29, 0.717) is 6.54 Å². The van der Waals surface area contributed by atoms with Gasteiger partial charge in [0, 0.05) is 39.8 Å². The SMILES string of the molecule is C=C(C)CNC(=NCC(C)(C)CCOC)NCCc1ccco1.I. The molecule has 1 aromatic heterocycles. The molecule has 0 atom stereocenters. The lowest BCUT2D eigenvalue weighted by atomic mass is 9.90. The molecule has 2 N–H and O–H groups in total. The van der Waals surface area contributed by atoms with Crippen molar-refractivity contribution in [2.24, 2.45) is 10.4 Å². The van der Waals surface area contributed by atoms with Crippen molar-refractivity contribution < 1.29 is 9.15 Å². The number of guanidine groups is 1. The van der Waals surface area contributed by atoms with E-state index < -0.39 is 0 Å². The van der Waals surface area contributed by atoms with Gasteiger partial charge < -0.3 is 19.8 Å². The minimum absolute atomic E-state index is 0. The van der Waals surface area contributed by atoms with E-state index in [4.69, 9.17) is 14.1 Å². The molecule has 0 amide bonds. The summed E-state index contributed by atoms with van der Waals surface area (Å²) >= 11 is 0. The zero-order valence-corrected chi connectivity index (χ0v) is 17.7. The molecule has 0 saturated heterocycles. The predicted octanol–water partition coefficient (Wildman–Crippen LogP) is 3.61. The Morgan fingerprint density at radius 3 is 2.71 bits per heavy atom. The van der Waals surface area contributed by atoms with Crippen molar-refractivity contribution in [2.75, 3.05) is 33.4 Å². The quantitative estimate of drug-likeness (QED) is 0.248. The third-order valence-electron chi connectivity index (χ3n) is 3.45. The summed E-state index contributed by atoms with van der Waals surface area (Å²) in [7, 11) is 1.73. The second-order valence-corrected chi connectivity index (χ2v) is 6.64. The highest BCUT2D eigenvalue weighted by Crippen LogP contribution is 2.20. The first-order valence-electron chi connectivity index (χ1n) is 8.11. The molecule has 138 valence electrons. The van der Waals surface area contributed by atoms with Crippen LogP contribution in [0.25, 0.3) is 0 Å². The third kappa shape index (κ3) is 10.7. The van der Waals surface area contributed by atoms with E-state index in [0.717, 1.165) is 49.8 Å². The fourth-order valence-corrected chi connectivity index (χ4v) is 1.92. The second-order valence-electron chi connectivity index (χ2n) is 6.64. The molecule has 0 fully saturated rings. The number of nitrogens with one attached hydrogen (secondary N) is 2. The van der Waals surface area contributed by atoms with E-state index in [2.05, 4.69) is 31.1 Å². The van der Waals surface area contributed by atoms with Crippen molar-refractivity contribution in [3.63, 3.8) is 0 Å². The normalized spacial score (nSPS) is 11.8. The van der Waals surface area contributed by atoms with Gasteiger partial charge in [-0.2, -0.15) is 0 Å². The van der Waals surface area contributed by atoms with E-state index in [1.165, 1.54) is 0 Å². The van der Waals surface area contributed by atoms with E-state index in [-0.39, 0.29) is 29.4 Å². The molecular formula is C18H32IN3O2. The molecule has 0 saturated carbocycles. The van der Waals surface area contributed by atoms with Crippen molar-refractivity contribution in [1.82, 2.24) is 10.6 Å². The van der Waals surface area contributed by atoms with E-state index in [1.807, 2.05) is 19.1 Å². The molecule has 0 spiro atoms. The fourth-order valence-electron chi connectivity index (χ4n) is 1.92. The average Bonchev–Trinajstić information content (AvgIpc) is 3.00. The Bertz CT molecular complexity index is 484. The molecule has 0 aliphatic carbocycles. The summed E-state index contributed by atoms with van der Waals surface area (Å²) in [6, 6.07) is 3.88. The molecule has 1 heterocycles. The van der Waals surface area contributed by atoms with Gasteiger partial charge in [0.25, 0.3) is 0 Å². The van der Waals surface area contributed by atoms with Crippen molar-refractivity contribution in [2.45, 2.75) is 33.6 Å². The van der Waals surface area contributed by atoms with Crippen LogP contribution < -0.4 is 10.6 Å². The zero-order chi connectivity index (χ0) is 17.1. The van der Waals surface area contributed by atoms with Crippen molar-refractivity contribution in [3.8, 4) is 0 Å². The van der Waals surface area contributed by atoms with Crippen LogP contribution in [0.2, 0.25) is 0 Å². The number of furan rings is 1. The van der Waals surface area contributed by atoms with Gasteiger partial charge in [0.1, 0.15) is 5.76 Å². The largest absolute Gasteiger partial charge is 0.469 e. The molecule has 5 nitrogen and oxygen atoms in total. The Hall–Kier alpha value is -1.02. The van der Waals surface area contributed by atoms with Crippen molar-refractivity contribution >= 4 is 29.9 Å². The minimum atomic E-state index is 0. The molecule has 0 bridgehead atoms. The molecule has 1 rings (SSSR count). The van der Waals surface area contributed by atoms with Crippen LogP contribution in [0.3, 0.4) is 0 Å². The third-order valence-corrected chi connectivity index (χ3v) is 3.45. The number of aliphatic imine (C=N–C) groups is 1. The van der Waals surface area contributed by atoms with Gasteiger partial charge in [-0.25, -0.2) is 0 Å². The highest BCUT2D eigenvalue weighted by Gasteiger charge is 2.17. The number of hydrogen-bond acceptors (Lipinski definition) is 3. The van der Waals surface area contributed by atoms with Gasteiger partial charge in [0.05, 0.1) is 6.26 Å². The summed E-state index contributed by atoms with van der Waals surface area (Å²) in [5.41, 5.74) is 1.18. The molecule has 0 aliphatic rings. The minimum Gasteiger partial charge on any atom is -0.469 e. The number of halogens is 1. The summed E-state index contributed by atoms with van der Waals surface area (Å²) in [5, 5.41) is 6.65. The molecule has 24 heavy (non-hydrogen) atoms. The van der Waals surface area contributed by atoms with Gasteiger partial charge >= 0.3 is 0 Å². The molecule has 0 aliphatic heterocycles. The topological polar surface area (TPSA) is 58.8 Å². The Labute approximate surface area is 163 Å². The monoisotopic (exact) mass is 449 g/mol. The Morgan fingerprint density at radius 1 is 1.38 bits per heavy atom. The second kappa shape index (κ2) is 12.4. The first kappa shape index (κ1) is 23.0. The number of rotatable bonds is 10. The highest BCUT2D eigenvalue weighted by atomic mass is 127. The van der Waals surface area contributed by atoms with Crippen LogP contribution >= 0.6 is 24.0 Å². The fraction of sp³-hybridized carbons (Fsp3) is 0.611. The van der Waals surface area contributed by atoms with Gasteiger partial charge in [-0.05, 0) is 30.9 Å². The van der Waals surface area contributed by atoms with Gasteiger partial charge in [-0.1, -0.05) is 26.0 Å². The van der Waals surface area contributed by atoms with Crippen LogP contribution in [0.5, 0.6) is 0 Å². The van der Waals surface area contributed by atoms with Gasteiger partial charge in [-0.3, -0.25) is 4.99 Å². The maximum atomic E-state index is 5.34. The first-order chi connectivity index (χ1) is 10.9. The smallest absolute Gasteiger partial charge is 0.191 e. The van der Waals surface area contributed by atoms with Crippen LogP contribution in [-0.4, -0.2) is 39.3 Å². The van der Waals surface area contributed by atoms with Crippen LogP contribution in [0.15, 0.2) is 40.0 Å².